The smallest absolute Gasteiger partial charge is 0.117 e. The maximum Gasteiger partial charge on any atom is 0.117 e. The highest BCUT2D eigenvalue weighted by Crippen LogP contribution is 2.40. The van der Waals surface area contributed by atoms with Gasteiger partial charge in [-0.05, 0) is 32.0 Å². The van der Waals surface area contributed by atoms with Crippen molar-refractivity contribution in [2.24, 2.45) is 5.73 Å². The van der Waals surface area contributed by atoms with Gasteiger partial charge in [-0.2, -0.15) is 0 Å². The van der Waals surface area contributed by atoms with Crippen molar-refractivity contribution in [3.05, 3.63) is 24.2 Å². The van der Waals surface area contributed by atoms with E-state index in [1.807, 2.05) is 12.1 Å². The van der Waals surface area contributed by atoms with Crippen LogP contribution >= 0.6 is 0 Å². The van der Waals surface area contributed by atoms with Gasteiger partial charge in [0.1, 0.15) is 5.76 Å². The highest BCUT2D eigenvalue weighted by molar-refractivity contribution is 5.06. The van der Waals surface area contributed by atoms with Crippen molar-refractivity contribution in [3.63, 3.8) is 0 Å². The summed E-state index contributed by atoms with van der Waals surface area (Å²) in [4.78, 5) is 2.30. The quantitative estimate of drug-likeness (QED) is 0.757. The zero-order valence-corrected chi connectivity index (χ0v) is 7.99. The zero-order valence-electron chi connectivity index (χ0n) is 7.99. The predicted octanol–water partition coefficient (Wildman–Crippen LogP) is 1.20. The first kappa shape index (κ1) is 8.78. The molecule has 2 N–H and O–H groups in total. The van der Waals surface area contributed by atoms with E-state index in [1.54, 1.807) is 6.26 Å². The van der Waals surface area contributed by atoms with E-state index in [4.69, 9.17) is 10.2 Å². The van der Waals surface area contributed by atoms with Gasteiger partial charge in [-0.1, -0.05) is 0 Å². The van der Waals surface area contributed by atoms with Crippen molar-refractivity contribution in [2.45, 2.75) is 24.9 Å². The molecule has 0 spiro atoms. The monoisotopic (exact) mass is 180 g/mol. The molecule has 3 heteroatoms. The summed E-state index contributed by atoms with van der Waals surface area (Å²) >= 11 is 0. The third-order valence-corrected chi connectivity index (χ3v) is 2.99. The van der Waals surface area contributed by atoms with Crippen molar-refractivity contribution in [1.29, 1.82) is 0 Å². The summed E-state index contributed by atoms with van der Waals surface area (Å²) in [5, 5.41) is 0. The highest BCUT2D eigenvalue weighted by atomic mass is 16.3. The molecule has 0 aromatic carbocycles. The van der Waals surface area contributed by atoms with Crippen LogP contribution in [0.15, 0.2) is 22.8 Å². The van der Waals surface area contributed by atoms with Crippen LogP contribution in [0.5, 0.6) is 0 Å². The summed E-state index contributed by atoms with van der Waals surface area (Å²) in [5.41, 5.74) is 6.00. The van der Waals surface area contributed by atoms with Gasteiger partial charge in [0.05, 0.1) is 12.8 Å². The molecule has 0 aliphatic heterocycles. The van der Waals surface area contributed by atoms with Crippen LogP contribution in [0.25, 0.3) is 0 Å². The predicted molar refractivity (Wildman–Crippen MR) is 51.2 cm³/mol. The Morgan fingerprint density at radius 1 is 1.62 bits per heavy atom. The number of nitrogens with zero attached hydrogens (tertiary/aromatic N) is 1. The number of likely N-dealkylation sites (N-methyl/N-ethyl adjacent to an activating group) is 1. The molecule has 0 bridgehead atoms. The zero-order chi connectivity index (χ0) is 9.31. The van der Waals surface area contributed by atoms with Crippen LogP contribution in [0.3, 0.4) is 0 Å². The summed E-state index contributed by atoms with van der Waals surface area (Å²) in [6.45, 7) is 1.62. The van der Waals surface area contributed by atoms with E-state index in [0.29, 0.717) is 0 Å². The second-order valence-corrected chi connectivity index (χ2v) is 3.86. The molecule has 1 aromatic heterocycles. The molecule has 13 heavy (non-hydrogen) atoms. The summed E-state index contributed by atoms with van der Waals surface area (Å²) in [6, 6.07) is 3.92. The third-order valence-electron chi connectivity index (χ3n) is 2.99. The number of hydrogen-bond donors (Lipinski definition) is 1. The topological polar surface area (TPSA) is 42.4 Å². The first-order valence-electron chi connectivity index (χ1n) is 4.70. The van der Waals surface area contributed by atoms with Gasteiger partial charge in [0.2, 0.25) is 0 Å². The van der Waals surface area contributed by atoms with Crippen LogP contribution in [0, 0.1) is 0 Å². The van der Waals surface area contributed by atoms with Gasteiger partial charge in [-0.15, -0.1) is 0 Å². The van der Waals surface area contributed by atoms with Crippen molar-refractivity contribution >= 4 is 0 Å². The minimum absolute atomic E-state index is 0.271. The standard InChI is InChI=1S/C10H16N2O/c1-12(10(8-11)4-5-10)7-9-3-2-6-13-9/h2-3,6H,4-5,7-8,11H2,1H3. The van der Waals surface area contributed by atoms with Crippen LogP contribution in [0.2, 0.25) is 0 Å². The van der Waals surface area contributed by atoms with Gasteiger partial charge >= 0.3 is 0 Å². The van der Waals surface area contributed by atoms with Gasteiger partial charge in [0.15, 0.2) is 0 Å². The molecule has 1 saturated carbocycles. The summed E-state index contributed by atoms with van der Waals surface area (Å²) in [6.07, 6.45) is 4.16. The van der Waals surface area contributed by atoms with Gasteiger partial charge in [-0.3, -0.25) is 4.90 Å². The molecule has 2 rings (SSSR count). The lowest BCUT2D eigenvalue weighted by Gasteiger charge is -2.25. The lowest BCUT2D eigenvalue weighted by Crippen LogP contribution is -2.39. The van der Waals surface area contributed by atoms with Crippen LogP contribution in [-0.2, 0) is 6.54 Å². The average molecular weight is 180 g/mol. The molecule has 0 unspecified atom stereocenters. The van der Waals surface area contributed by atoms with E-state index in [9.17, 15) is 0 Å². The fourth-order valence-electron chi connectivity index (χ4n) is 1.69. The molecule has 1 fully saturated rings. The maximum absolute atomic E-state index is 5.73. The van der Waals surface area contributed by atoms with Gasteiger partial charge < -0.3 is 10.2 Å². The lowest BCUT2D eigenvalue weighted by atomic mass is 10.2. The Labute approximate surface area is 78.5 Å². The molecule has 1 heterocycles. The largest absolute Gasteiger partial charge is 0.468 e. The normalized spacial score (nSPS) is 19.3. The van der Waals surface area contributed by atoms with Crippen LogP contribution < -0.4 is 5.73 Å². The Hall–Kier alpha value is -0.800. The first-order chi connectivity index (χ1) is 6.27. The molecule has 0 radical (unpaired) electrons. The van der Waals surface area contributed by atoms with Crippen molar-refractivity contribution in [2.75, 3.05) is 13.6 Å². The van der Waals surface area contributed by atoms with E-state index in [1.165, 1.54) is 12.8 Å². The van der Waals surface area contributed by atoms with E-state index < -0.39 is 0 Å². The highest BCUT2D eigenvalue weighted by Gasteiger charge is 2.44. The van der Waals surface area contributed by atoms with E-state index >= 15 is 0 Å². The molecular weight excluding hydrogens is 164 g/mol. The van der Waals surface area contributed by atoms with Crippen molar-refractivity contribution in [3.8, 4) is 0 Å². The first-order valence-corrected chi connectivity index (χ1v) is 4.70. The Balaban J connectivity index is 1.95. The van der Waals surface area contributed by atoms with Crippen LogP contribution in [-0.4, -0.2) is 24.0 Å². The fourth-order valence-corrected chi connectivity index (χ4v) is 1.69. The molecule has 1 aliphatic rings. The third kappa shape index (κ3) is 1.62. The maximum atomic E-state index is 5.73. The minimum atomic E-state index is 0.271. The van der Waals surface area contributed by atoms with Crippen molar-refractivity contribution < 1.29 is 4.42 Å². The fraction of sp³-hybridized carbons (Fsp3) is 0.600. The second-order valence-electron chi connectivity index (χ2n) is 3.86. The summed E-state index contributed by atoms with van der Waals surface area (Å²) in [5.74, 6) is 1.02. The Kier molecular flexibility index (Phi) is 2.14. The Morgan fingerprint density at radius 3 is 2.85 bits per heavy atom. The minimum Gasteiger partial charge on any atom is -0.468 e. The van der Waals surface area contributed by atoms with Crippen LogP contribution in [0.1, 0.15) is 18.6 Å². The van der Waals surface area contributed by atoms with Gasteiger partial charge in [0.25, 0.3) is 0 Å². The van der Waals surface area contributed by atoms with Gasteiger partial charge in [-0.25, -0.2) is 0 Å². The molecule has 3 nitrogen and oxygen atoms in total. The molecule has 1 aromatic rings. The van der Waals surface area contributed by atoms with Crippen LogP contribution in [0.4, 0.5) is 0 Å². The lowest BCUT2D eigenvalue weighted by molar-refractivity contribution is 0.202. The van der Waals surface area contributed by atoms with E-state index in [0.717, 1.165) is 18.8 Å². The molecule has 1 aliphatic carbocycles. The summed E-state index contributed by atoms with van der Waals surface area (Å²) < 4.78 is 5.29. The SMILES string of the molecule is CN(Cc1ccco1)C1(CN)CC1. The molecule has 72 valence electrons. The number of nitrogens with two attached hydrogens (primary N) is 1. The number of furan rings is 1. The van der Waals surface area contributed by atoms with E-state index in [-0.39, 0.29) is 5.54 Å². The van der Waals surface area contributed by atoms with E-state index in [2.05, 4.69) is 11.9 Å². The summed E-state index contributed by atoms with van der Waals surface area (Å²) in [7, 11) is 2.11. The van der Waals surface area contributed by atoms with Crippen molar-refractivity contribution in [1.82, 2.24) is 4.90 Å². The van der Waals surface area contributed by atoms with Gasteiger partial charge in [0, 0.05) is 12.1 Å². The Bertz CT molecular complexity index is 264. The number of hydrogen-bond acceptors (Lipinski definition) is 3. The molecule has 0 atom stereocenters. The molecule has 0 amide bonds. The Morgan fingerprint density at radius 2 is 2.38 bits per heavy atom. The average Bonchev–Trinajstić information content (AvgIpc) is 2.79. The molecule has 0 saturated heterocycles. The number of rotatable bonds is 4. The molecular formula is C10H16N2O. The second kappa shape index (κ2) is 3.16.